The molecule has 0 saturated carbocycles. The first-order chi connectivity index (χ1) is 11.2. The van der Waals surface area contributed by atoms with Crippen LogP contribution in [0.1, 0.15) is 57.5 Å². The molecule has 0 amide bonds. The Morgan fingerprint density at radius 3 is 2.17 bits per heavy atom. The highest BCUT2D eigenvalue weighted by Crippen LogP contribution is 2.34. The Hall–Kier alpha value is -1.32. The average Bonchev–Trinajstić information content (AvgIpc) is 2.54. The van der Waals surface area contributed by atoms with E-state index in [0.717, 1.165) is 12.1 Å². The van der Waals surface area contributed by atoms with Crippen molar-refractivity contribution in [1.29, 1.82) is 0 Å². The van der Waals surface area contributed by atoms with E-state index in [9.17, 15) is 0 Å². The summed E-state index contributed by atoms with van der Waals surface area (Å²) in [6, 6.07) is 15.4. The van der Waals surface area contributed by atoms with E-state index in [4.69, 9.17) is 0 Å². The van der Waals surface area contributed by atoms with E-state index in [1.807, 2.05) is 24.0 Å². The maximum atomic E-state index is 4.50. The summed E-state index contributed by atoms with van der Waals surface area (Å²) in [5, 5.41) is 3.75. The highest BCUT2D eigenvalue weighted by Gasteiger charge is 2.22. The molecule has 24 heavy (non-hydrogen) atoms. The normalized spacial score (nSPS) is 13.8. The molecule has 0 aliphatic rings. The largest absolute Gasteiger partial charge is 0.305 e. The number of nitrogens with one attached hydrogen (secondary N) is 1. The Kier molecular flexibility index (Phi) is 6.11. The summed E-state index contributed by atoms with van der Waals surface area (Å²) < 4.78 is 0.145. The predicted molar refractivity (Wildman–Crippen MR) is 107 cm³/mol. The van der Waals surface area contributed by atoms with Crippen molar-refractivity contribution < 1.29 is 0 Å². The Morgan fingerprint density at radius 2 is 1.67 bits per heavy atom. The molecule has 0 saturated heterocycles. The Morgan fingerprint density at radius 1 is 1.00 bits per heavy atom. The maximum Gasteiger partial charge on any atom is 0.0422 e. The Labute approximate surface area is 151 Å². The van der Waals surface area contributed by atoms with Crippen molar-refractivity contribution in [2.45, 2.75) is 57.4 Å². The lowest BCUT2D eigenvalue weighted by Gasteiger charge is -2.30. The van der Waals surface area contributed by atoms with Crippen LogP contribution in [0.4, 0.5) is 0 Å². The van der Waals surface area contributed by atoms with Gasteiger partial charge < -0.3 is 5.32 Å². The van der Waals surface area contributed by atoms with E-state index in [0.29, 0.717) is 0 Å². The van der Waals surface area contributed by atoms with Crippen molar-refractivity contribution in [3.05, 3.63) is 65.5 Å². The summed E-state index contributed by atoms with van der Waals surface area (Å²) in [4.78, 5) is 4.50. The van der Waals surface area contributed by atoms with Crippen LogP contribution in [0.15, 0.2) is 48.7 Å². The molecule has 0 radical (unpaired) electrons. The summed E-state index contributed by atoms with van der Waals surface area (Å²) in [6.07, 6.45) is 4.93. The zero-order valence-electron chi connectivity index (χ0n) is 15.8. The fourth-order valence-electron chi connectivity index (χ4n) is 2.74. The molecule has 1 aromatic heterocycles. The highest BCUT2D eigenvalue weighted by molar-refractivity contribution is 7.99. The molecule has 1 N–H and O–H groups in total. The SMILES string of the molecule is CSC(C)(C)c1ccc(C(Cc2ccccn2)NC(C)(C)C)cc1. The summed E-state index contributed by atoms with van der Waals surface area (Å²) in [6.45, 7) is 11.2. The van der Waals surface area contributed by atoms with Gasteiger partial charge in [-0.3, -0.25) is 4.98 Å². The zero-order chi connectivity index (χ0) is 17.8. The van der Waals surface area contributed by atoms with E-state index in [1.54, 1.807) is 0 Å². The fraction of sp³-hybridized carbons (Fsp3) is 0.476. The molecule has 3 heteroatoms. The molecule has 2 rings (SSSR count). The van der Waals surface area contributed by atoms with Crippen LogP contribution in [0.3, 0.4) is 0 Å². The standard InChI is InChI=1S/C21H30N2S/c1-20(2,3)23-19(15-18-9-7-8-14-22-18)16-10-12-17(13-11-16)21(4,5)24-6/h7-14,19,23H,15H2,1-6H3. The predicted octanol–water partition coefficient (Wildman–Crippen LogP) is 5.35. The van der Waals surface area contributed by atoms with Gasteiger partial charge in [0.15, 0.2) is 0 Å². The molecular formula is C21H30N2S. The third kappa shape index (κ3) is 5.35. The molecule has 2 aromatic rings. The lowest BCUT2D eigenvalue weighted by molar-refractivity contribution is 0.360. The van der Waals surface area contributed by atoms with Gasteiger partial charge in [0.1, 0.15) is 0 Å². The van der Waals surface area contributed by atoms with E-state index in [-0.39, 0.29) is 16.3 Å². The number of hydrogen-bond acceptors (Lipinski definition) is 3. The van der Waals surface area contributed by atoms with Crippen LogP contribution in [0.2, 0.25) is 0 Å². The number of nitrogens with zero attached hydrogens (tertiary/aromatic N) is 1. The van der Waals surface area contributed by atoms with Crippen LogP contribution < -0.4 is 5.32 Å². The summed E-state index contributed by atoms with van der Waals surface area (Å²) in [7, 11) is 0. The second kappa shape index (κ2) is 7.71. The number of aromatic nitrogens is 1. The van der Waals surface area contributed by atoms with Crippen LogP contribution in [0, 0.1) is 0 Å². The molecule has 1 unspecified atom stereocenters. The van der Waals surface area contributed by atoms with Crippen molar-refractivity contribution in [3.8, 4) is 0 Å². The number of hydrogen-bond donors (Lipinski definition) is 1. The molecule has 0 spiro atoms. The van der Waals surface area contributed by atoms with E-state index in [1.165, 1.54) is 11.1 Å². The van der Waals surface area contributed by atoms with Gasteiger partial charge in [0.05, 0.1) is 0 Å². The Balaban J connectivity index is 2.26. The number of pyridine rings is 1. The Bertz CT molecular complexity index is 627. The first-order valence-corrected chi connectivity index (χ1v) is 9.77. The second-order valence-electron chi connectivity index (χ2n) is 7.81. The first-order valence-electron chi connectivity index (χ1n) is 8.54. The summed E-state index contributed by atoms with van der Waals surface area (Å²) in [5.74, 6) is 0. The van der Waals surface area contributed by atoms with E-state index < -0.39 is 0 Å². The third-order valence-corrected chi connectivity index (χ3v) is 5.52. The molecule has 1 aromatic carbocycles. The van der Waals surface area contributed by atoms with Crippen LogP contribution in [-0.2, 0) is 11.2 Å². The van der Waals surface area contributed by atoms with Crippen LogP contribution >= 0.6 is 11.8 Å². The molecule has 2 nitrogen and oxygen atoms in total. The van der Waals surface area contributed by atoms with Gasteiger partial charge in [0.2, 0.25) is 0 Å². The lowest BCUT2D eigenvalue weighted by Crippen LogP contribution is -2.39. The van der Waals surface area contributed by atoms with Gasteiger partial charge in [-0.25, -0.2) is 0 Å². The van der Waals surface area contributed by atoms with Crippen molar-refractivity contribution in [2.75, 3.05) is 6.26 Å². The maximum absolute atomic E-state index is 4.50. The molecule has 0 fully saturated rings. The van der Waals surface area contributed by atoms with Gasteiger partial charge in [-0.05, 0) is 64.1 Å². The van der Waals surface area contributed by atoms with Crippen LogP contribution in [0.5, 0.6) is 0 Å². The van der Waals surface area contributed by atoms with Crippen LogP contribution in [0.25, 0.3) is 0 Å². The van der Waals surface area contributed by atoms with Gasteiger partial charge in [0, 0.05) is 34.6 Å². The summed E-state index contributed by atoms with van der Waals surface area (Å²) in [5.41, 5.74) is 3.85. The molecule has 0 aliphatic carbocycles. The minimum absolute atomic E-state index is 0.0522. The van der Waals surface area contributed by atoms with Gasteiger partial charge >= 0.3 is 0 Å². The number of thioether (sulfide) groups is 1. The van der Waals surface area contributed by atoms with Crippen molar-refractivity contribution >= 4 is 11.8 Å². The van der Waals surface area contributed by atoms with Gasteiger partial charge in [-0.1, -0.05) is 30.3 Å². The van der Waals surface area contributed by atoms with Gasteiger partial charge in [0.25, 0.3) is 0 Å². The third-order valence-electron chi connectivity index (χ3n) is 4.27. The zero-order valence-corrected chi connectivity index (χ0v) is 16.6. The lowest BCUT2D eigenvalue weighted by atomic mass is 9.94. The topological polar surface area (TPSA) is 24.9 Å². The van der Waals surface area contributed by atoms with Crippen molar-refractivity contribution in [2.24, 2.45) is 0 Å². The van der Waals surface area contributed by atoms with Gasteiger partial charge in [-0.15, -0.1) is 0 Å². The molecule has 1 atom stereocenters. The van der Waals surface area contributed by atoms with Crippen molar-refractivity contribution in [3.63, 3.8) is 0 Å². The van der Waals surface area contributed by atoms with Gasteiger partial charge in [-0.2, -0.15) is 11.8 Å². The average molecular weight is 343 g/mol. The van der Waals surface area contributed by atoms with E-state index in [2.05, 4.69) is 87.6 Å². The fourth-order valence-corrected chi connectivity index (χ4v) is 3.11. The first kappa shape index (κ1) is 19.0. The summed E-state index contributed by atoms with van der Waals surface area (Å²) >= 11 is 1.88. The minimum atomic E-state index is 0.0522. The monoisotopic (exact) mass is 342 g/mol. The molecule has 0 bridgehead atoms. The number of benzene rings is 1. The molecule has 0 aliphatic heterocycles. The van der Waals surface area contributed by atoms with E-state index >= 15 is 0 Å². The smallest absolute Gasteiger partial charge is 0.0422 e. The second-order valence-corrected chi connectivity index (χ2v) is 9.24. The number of rotatable bonds is 6. The molecule has 1 heterocycles. The molecular weight excluding hydrogens is 312 g/mol. The van der Waals surface area contributed by atoms with Crippen molar-refractivity contribution in [1.82, 2.24) is 10.3 Å². The van der Waals surface area contributed by atoms with Crippen LogP contribution in [-0.4, -0.2) is 16.8 Å². The molecule has 130 valence electrons. The minimum Gasteiger partial charge on any atom is -0.305 e. The quantitative estimate of drug-likeness (QED) is 0.766. The highest BCUT2D eigenvalue weighted by atomic mass is 32.2.